The maximum absolute atomic E-state index is 4.50. The minimum absolute atomic E-state index is 0.932. The van der Waals surface area contributed by atoms with Crippen molar-refractivity contribution < 1.29 is 0 Å². The van der Waals surface area contributed by atoms with Gasteiger partial charge in [-0.05, 0) is 34.5 Å². The predicted octanol–water partition coefficient (Wildman–Crippen LogP) is 3.30. The highest BCUT2D eigenvalue weighted by Crippen LogP contribution is 2.23. The van der Waals surface area contributed by atoms with Crippen molar-refractivity contribution in [2.75, 3.05) is 0 Å². The molecule has 0 atom stereocenters. The summed E-state index contributed by atoms with van der Waals surface area (Å²) in [5, 5.41) is 0. The average Bonchev–Trinajstić information content (AvgIpc) is 2.59. The molecule has 2 rings (SSSR count). The highest BCUT2D eigenvalue weighted by atomic mass is 79.9. The minimum Gasteiger partial charge on any atom is -0.319 e. The van der Waals surface area contributed by atoms with Crippen molar-refractivity contribution in [3.8, 4) is 0 Å². The zero-order chi connectivity index (χ0) is 10.1. The number of hydrogen-bond donors (Lipinski definition) is 0. The molecular formula is C11H11BrN2. The molecule has 2 aromatic rings. The molecule has 0 spiro atoms. The van der Waals surface area contributed by atoms with E-state index in [-0.39, 0.29) is 0 Å². The lowest BCUT2D eigenvalue weighted by Gasteiger charge is -2.03. The summed E-state index contributed by atoms with van der Waals surface area (Å²) in [6, 6.07) is 2.02. The van der Waals surface area contributed by atoms with Crippen molar-refractivity contribution in [1.82, 2.24) is 9.38 Å². The van der Waals surface area contributed by atoms with E-state index in [1.54, 1.807) is 6.08 Å². The molecule has 14 heavy (non-hydrogen) atoms. The molecule has 0 aromatic carbocycles. The second kappa shape index (κ2) is 3.58. The molecule has 0 amide bonds. The van der Waals surface area contributed by atoms with Crippen molar-refractivity contribution in [2.45, 2.75) is 13.3 Å². The molecule has 0 aliphatic rings. The summed E-state index contributed by atoms with van der Waals surface area (Å²) in [6.45, 7) is 5.88. The van der Waals surface area contributed by atoms with Gasteiger partial charge in [-0.25, -0.2) is 4.98 Å². The maximum Gasteiger partial charge on any atom is 0.0879 e. The van der Waals surface area contributed by atoms with Crippen LogP contribution in [-0.4, -0.2) is 9.38 Å². The van der Waals surface area contributed by atoms with Crippen LogP contribution in [0.4, 0.5) is 0 Å². The fraction of sp³-hybridized carbons (Fsp3) is 0.182. The van der Waals surface area contributed by atoms with Crippen LogP contribution in [0.1, 0.15) is 18.3 Å². The lowest BCUT2D eigenvalue weighted by Crippen LogP contribution is -1.96. The molecule has 0 saturated heterocycles. The predicted molar refractivity (Wildman–Crippen MR) is 62.4 cm³/mol. The van der Waals surface area contributed by atoms with Crippen molar-refractivity contribution in [1.29, 1.82) is 0 Å². The molecule has 0 aliphatic heterocycles. The highest BCUT2D eigenvalue weighted by molar-refractivity contribution is 9.10. The largest absolute Gasteiger partial charge is 0.319 e. The van der Waals surface area contributed by atoms with E-state index >= 15 is 0 Å². The summed E-state index contributed by atoms with van der Waals surface area (Å²) in [5.41, 5.74) is 3.09. The van der Waals surface area contributed by atoms with E-state index in [9.17, 15) is 0 Å². The standard InChI is InChI=1S/C11H11BrN2/c1-3-8-7-14-6-5-9(12)11(14)10(4-2)13-8/h4-7H,2-3H2,1H3. The molecular weight excluding hydrogens is 240 g/mol. The normalized spacial score (nSPS) is 10.7. The number of fused-ring (bicyclic) bond motifs is 1. The Morgan fingerprint density at radius 3 is 3.07 bits per heavy atom. The summed E-state index contributed by atoms with van der Waals surface area (Å²) in [5.74, 6) is 0. The van der Waals surface area contributed by atoms with Crippen LogP contribution in [0.5, 0.6) is 0 Å². The second-order valence-electron chi connectivity index (χ2n) is 3.09. The molecule has 0 aliphatic carbocycles. The van der Waals surface area contributed by atoms with Crippen LogP contribution in [0, 0.1) is 0 Å². The lowest BCUT2D eigenvalue weighted by molar-refractivity contribution is 0.979. The number of rotatable bonds is 2. The Kier molecular flexibility index (Phi) is 2.42. The molecule has 2 heterocycles. The molecule has 0 N–H and O–H groups in total. The van der Waals surface area contributed by atoms with Gasteiger partial charge in [-0.2, -0.15) is 0 Å². The van der Waals surface area contributed by atoms with Gasteiger partial charge in [-0.3, -0.25) is 0 Å². The van der Waals surface area contributed by atoms with Gasteiger partial charge in [0.25, 0.3) is 0 Å². The van der Waals surface area contributed by atoms with Gasteiger partial charge in [-0.15, -0.1) is 0 Å². The van der Waals surface area contributed by atoms with Crippen LogP contribution in [0.2, 0.25) is 0 Å². The van der Waals surface area contributed by atoms with Crippen molar-refractivity contribution in [3.63, 3.8) is 0 Å². The van der Waals surface area contributed by atoms with Crippen LogP contribution in [0.15, 0.2) is 29.5 Å². The van der Waals surface area contributed by atoms with Gasteiger partial charge in [0.1, 0.15) is 0 Å². The van der Waals surface area contributed by atoms with Crippen LogP contribution in [0.3, 0.4) is 0 Å². The van der Waals surface area contributed by atoms with Gasteiger partial charge in [0.2, 0.25) is 0 Å². The first-order valence-electron chi connectivity index (χ1n) is 4.54. The van der Waals surface area contributed by atoms with E-state index < -0.39 is 0 Å². The highest BCUT2D eigenvalue weighted by Gasteiger charge is 2.06. The van der Waals surface area contributed by atoms with Crippen molar-refractivity contribution >= 4 is 27.5 Å². The zero-order valence-corrected chi connectivity index (χ0v) is 9.58. The third-order valence-corrected chi connectivity index (χ3v) is 2.86. The first-order valence-corrected chi connectivity index (χ1v) is 5.34. The SMILES string of the molecule is C=Cc1nc(CC)cn2ccc(Br)c12. The summed E-state index contributed by atoms with van der Waals surface area (Å²) in [7, 11) is 0. The summed E-state index contributed by atoms with van der Waals surface area (Å²) >= 11 is 3.50. The zero-order valence-electron chi connectivity index (χ0n) is 8.00. The number of nitrogens with zero attached hydrogens (tertiary/aromatic N) is 2. The molecule has 0 unspecified atom stereocenters. The quantitative estimate of drug-likeness (QED) is 0.800. The summed E-state index contributed by atoms with van der Waals surface area (Å²) < 4.78 is 3.13. The van der Waals surface area contributed by atoms with Crippen molar-refractivity contribution in [3.05, 3.63) is 40.9 Å². The molecule has 2 aromatic heterocycles. The average molecular weight is 251 g/mol. The first-order chi connectivity index (χ1) is 6.76. The van der Waals surface area contributed by atoms with E-state index in [2.05, 4.69) is 38.8 Å². The Bertz CT molecular complexity index is 485. The Labute approximate surface area is 91.4 Å². The lowest BCUT2D eigenvalue weighted by atomic mass is 10.3. The van der Waals surface area contributed by atoms with Gasteiger partial charge < -0.3 is 4.40 Å². The fourth-order valence-electron chi connectivity index (χ4n) is 1.49. The molecule has 3 heteroatoms. The van der Waals surface area contributed by atoms with E-state index in [0.717, 1.165) is 27.8 Å². The molecule has 0 fully saturated rings. The van der Waals surface area contributed by atoms with Crippen LogP contribution in [0.25, 0.3) is 11.6 Å². The molecule has 0 bridgehead atoms. The van der Waals surface area contributed by atoms with E-state index in [4.69, 9.17) is 0 Å². The molecule has 0 saturated carbocycles. The Balaban J connectivity index is 2.82. The molecule has 0 radical (unpaired) electrons. The summed E-state index contributed by atoms with van der Waals surface area (Å²) in [4.78, 5) is 4.50. The Hall–Kier alpha value is -1.09. The Morgan fingerprint density at radius 1 is 1.64 bits per heavy atom. The number of hydrogen-bond acceptors (Lipinski definition) is 1. The van der Waals surface area contributed by atoms with Gasteiger partial charge >= 0.3 is 0 Å². The summed E-state index contributed by atoms with van der Waals surface area (Å²) in [6.07, 6.45) is 6.80. The molecule has 2 nitrogen and oxygen atoms in total. The Morgan fingerprint density at radius 2 is 2.43 bits per heavy atom. The number of aryl methyl sites for hydroxylation is 1. The van der Waals surface area contributed by atoms with Gasteiger partial charge in [-0.1, -0.05) is 13.5 Å². The third kappa shape index (κ3) is 1.38. The van der Waals surface area contributed by atoms with E-state index in [1.807, 2.05) is 18.5 Å². The van der Waals surface area contributed by atoms with Gasteiger partial charge in [0.05, 0.1) is 16.9 Å². The maximum atomic E-state index is 4.50. The van der Waals surface area contributed by atoms with Crippen LogP contribution < -0.4 is 0 Å². The monoisotopic (exact) mass is 250 g/mol. The van der Waals surface area contributed by atoms with Gasteiger partial charge in [0.15, 0.2) is 0 Å². The number of aromatic nitrogens is 2. The van der Waals surface area contributed by atoms with E-state index in [1.165, 1.54) is 0 Å². The van der Waals surface area contributed by atoms with Gasteiger partial charge in [0, 0.05) is 16.9 Å². The topological polar surface area (TPSA) is 17.3 Å². The van der Waals surface area contributed by atoms with E-state index in [0.29, 0.717) is 0 Å². The first kappa shape index (κ1) is 9.46. The number of halogens is 1. The third-order valence-electron chi connectivity index (χ3n) is 2.22. The van der Waals surface area contributed by atoms with Crippen LogP contribution in [-0.2, 0) is 6.42 Å². The smallest absolute Gasteiger partial charge is 0.0879 e. The minimum atomic E-state index is 0.932. The van der Waals surface area contributed by atoms with Crippen LogP contribution >= 0.6 is 15.9 Å². The molecule has 72 valence electrons. The second-order valence-corrected chi connectivity index (χ2v) is 3.95. The van der Waals surface area contributed by atoms with Crippen molar-refractivity contribution in [2.24, 2.45) is 0 Å². The fourth-order valence-corrected chi connectivity index (χ4v) is 2.02.